The van der Waals surface area contributed by atoms with Gasteiger partial charge in [0.2, 0.25) is 0 Å². The monoisotopic (exact) mass is 251 g/mol. The molecular formula is C13H11F2NO2. The van der Waals surface area contributed by atoms with Gasteiger partial charge < -0.3 is 9.84 Å². The lowest BCUT2D eigenvalue weighted by Gasteiger charge is -2.14. The molecule has 0 aliphatic carbocycles. The lowest BCUT2D eigenvalue weighted by atomic mass is 10.0. The standard InChI is InChI=1S/C13H11F2NO2/c1-18-12-5-3-8(14)6-10(12)13(17)11-4-2-9(15)7-16-11/h2-7,13,17H,1H3. The lowest BCUT2D eigenvalue weighted by Crippen LogP contribution is -2.05. The zero-order valence-corrected chi connectivity index (χ0v) is 9.60. The number of hydrogen-bond acceptors (Lipinski definition) is 3. The van der Waals surface area contributed by atoms with E-state index in [4.69, 9.17) is 4.74 Å². The third-order valence-electron chi connectivity index (χ3n) is 2.52. The van der Waals surface area contributed by atoms with Crippen LogP contribution in [0.5, 0.6) is 5.75 Å². The topological polar surface area (TPSA) is 42.4 Å². The van der Waals surface area contributed by atoms with Gasteiger partial charge in [-0.25, -0.2) is 8.78 Å². The Morgan fingerprint density at radius 3 is 2.50 bits per heavy atom. The van der Waals surface area contributed by atoms with Gasteiger partial charge in [-0.05, 0) is 30.3 Å². The Hall–Kier alpha value is -2.01. The van der Waals surface area contributed by atoms with Gasteiger partial charge in [0.15, 0.2) is 0 Å². The maximum atomic E-state index is 13.2. The van der Waals surface area contributed by atoms with Crippen LogP contribution in [-0.2, 0) is 0 Å². The average Bonchev–Trinajstić information content (AvgIpc) is 2.39. The Bertz CT molecular complexity index is 543. The third kappa shape index (κ3) is 2.46. The SMILES string of the molecule is COc1ccc(F)cc1C(O)c1ccc(F)cn1. The van der Waals surface area contributed by atoms with Gasteiger partial charge in [0.05, 0.1) is 19.0 Å². The molecule has 1 aromatic carbocycles. The van der Waals surface area contributed by atoms with Gasteiger partial charge in [0, 0.05) is 5.56 Å². The molecule has 2 rings (SSSR count). The van der Waals surface area contributed by atoms with Crippen molar-refractivity contribution in [3.63, 3.8) is 0 Å². The molecule has 94 valence electrons. The Balaban J connectivity index is 2.41. The molecule has 5 heteroatoms. The molecular weight excluding hydrogens is 240 g/mol. The Kier molecular flexibility index (Phi) is 3.53. The molecule has 1 N–H and O–H groups in total. The summed E-state index contributed by atoms with van der Waals surface area (Å²) in [5.74, 6) is -0.654. The van der Waals surface area contributed by atoms with E-state index in [1.807, 2.05) is 0 Å². The van der Waals surface area contributed by atoms with Crippen molar-refractivity contribution in [2.75, 3.05) is 7.11 Å². The minimum atomic E-state index is -1.17. The molecule has 0 aliphatic rings. The van der Waals surface area contributed by atoms with Crippen LogP contribution in [0, 0.1) is 11.6 Å². The van der Waals surface area contributed by atoms with E-state index in [9.17, 15) is 13.9 Å². The van der Waals surface area contributed by atoms with E-state index in [1.165, 1.54) is 31.4 Å². The highest BCUT2D eigenvalue weighted by molar-refractivity contribution is 5.39. The van der Waals surface area contributed by atoms with Crippen molar-refractivity contribution in [3.8, 4) is 5.75 Å². The van der Waals surface area contributed by atoms with Gasteiger partial charge in [-0.2, -0.15) is 0 Å². The van der Waals surface area contributed by atoms with E-state index < -0.39 is 17.7 Å². The van der Waals surface area contributed by atoms with Crippen molar-refractivity contribution in [1.82, 2.24) is 4.98 Å². The van der Waals surface area contributed by atoms with Gasteiger partial charge in [-0.1, -0.05) is 0 Å². The first-order chi connectivity index (χ1) is 8.61. The normalized spacial score (nSPS) is 12.2. The predicted octanol–water partition coefficient (Wildman–Crippen LogP) is 2.45. The number of hydrogen-bond donors (Lipinski definition) is 1. The zero-order valence-electron chi connectivity index (χ0n) is 9.60. The highest BCUT2D eigenvalue weighted by Gasteiger charge is 2.17. The van der Waals surface area contributed by atoms with Crippen LogP contribution in [0.25, 0.3) is 0 Å². The van der Waals surface area contributed by atoms with Crippen molar-refractivity contribution in [2.45, 2.75) is 6.10 Å². The van der Waals surface area contributed by atoms with Crippen LogP contribution in [0.3, 0.4) is 0 Å². The fraction of sp³-hybridized carbons (Fsp3) is 0.154. The van der Waals surface area contributed by atoms with Gasteiger partial charge in [-0.3, -0.25) is 4.98 Å². The highest BCUT2D eigenvalue weighted by atomic mass is 19.1. The molecule has 0 aliphatic heterocycles. The largest absolute Gasteiger partial charge is 0.496 e. The van der Waals surface area contributed by atoms with Crippen LogP contribution in [-0.4, -0.2) is 17.2 Å². The Labute approximate surface area is 103 Å². The van der Waals surface area contributed by atoms with Crippen LogP contribution in [0.1, 0.15) is 17.4 Å². The van der Waals surface area contributed by atoms with Crippen LogP contribution in [0.4, 0.5) is 8.78 Å². The van der Waals surface area contributed by atoms with Crippen LogP contribution in [0.15, 0.2) is 36.5 Å². The minimum absolute atomic E-state index is 0.223. The molecule has 0 saturated carbocycles. The van der Waals surface area contributed by atoms with E-state index >= 15 is 0 Å². The van der Waals surface area contributed by atoms with Gasteiger partial charge in [-0.15, -0.1) is 0 Å². The van der Waals surface area contributed by atoms with E-state index in [-0.39, 0.29) is 11.3 Å². The lowest BCUT2D eigenvalue weighted by molar-refractivity contribution is 0.209. The second-order valence-electron chi connectivity index (χ2n) is 3.69. The number of aliphatic hydroxyl groups excluding tert-OH is 1. The van der Waals surface area contributed by atoms with E-state index in [1.54, 1.807) is 0 Å². The van der Waals surface area contributed by atoms with E-state index in [2.05, 4.69) is 4.98 Å². The van der Waals surface area contributed by atoms with Gasteiger partial charge in [0.1, 0.15) is 23.5 Å². The molecule has 18 heavy (non-hydrogen) atoms. The van der Waals surface area contributed by atoms with Crippen LogP contribution in [0.2, 0.25) is 0 Å². The summed E-state index contributed by atoms with van der Waals surface area (Å²) in [4.78, 5) is 3.76. The summed E-state index contributed by atoms with van der Waals surface area (Å²) in [7, 11) is 1.42. The molecule has 0 bridgehead atoms. The fourth-order valence-electron chi connectivity index (χ4n) is 1.63. The Morgan fingerprint density at radius 2 is 1.89 bits per heavy atom. The number of ether oxygens (including phenoxy) is 1. The van der Waals surface area contributed by atoms with Crippen molar-refractivity contribution in [2.24, 2.45) is 0 Å². The first kappa shape index (κ1) is 12.4. The zero-order chi connectivity index (χ0) is 13.1. The number of halogens is 2. The van der Waals surface area contributed by atoms with Crippen molar-refractivity contribution in [3.05, 3.63) is 59.4 Å². The number of rotatable bonds is 3. The molecule has 0 spiro atoms. The first-order valence-electron chi connectivity index (χ1n) is 5.25. The molecule has 0 radical (unpaired) electrons. The summed E-state index contributed by atoms with van der Waals surface area (Å²) in [5.41, 5.74) is 0.469. The molecule has 1 atom stereocenters. The van der Waals surface area contributed by atoms with Gasteiger partial charge >= 0.3 is 0 Å². The molecule has 2 aromatic rings. The van der Waals surface area contributed by atoms with Crippen molar-refractivity contribution in [1.29, 1.82) is 0 Å². The van der Waals surface area contributed by atoms with E-state index in [0.717, 1.165) is 12.3 Å². The molecule has 0 amide bonds. The molecule has 0 fully saturated rings. The second-order valence-corrected chi connectivity index (χ2v) is 3.69. The van der Waals surface area contributed by atoms with Crippen molar-refractivity contribution < 1.29 is 18.6 Å². The number of methoxy groups -OCH3 is 1. The molecule has 1 heterocycles. The van der Waals surface area contributed by atoms with E-state index in [0.29, 0.717) is 5.75 Å². The molecule has 1 aromatic heterocycles. The molecule has 3 nitrogen and oxygen atoms in total. The summed E-state index contributed by atoms with van der Waals surface area (Å²) in [5, 5.41) is 10.1. The quantitative estimate of drug-likeness (QED) is 0.911. The third-order valence-corrected chi connectivity index (χ3v) is 2.52. The molecule has 1 unspecified atom stereocenters. The summed E-state index contributed by atoms with van der Waals surface area (Å²) in [6.45, 7) is 0. The van der Waals surface area contributed by atoms with Crippen molar-refractivity contribution >= 4 is 0 Å². The summed E-state index contributed by atoms with van der Waals surface area (Å²) in [6.07, 6.45) is -0.180. The van der Waals surface area contributed by atoms with Gasteiger partial charge in [0.25, 0.3) is 0 Å². The fourth-order valence-corrected chi connectivity index (χ4v) is 1.63. The highest BCUT2D eigenvalue weighted by Crippen LogP contribution is 2.29. The number of nitrogens with zero attached hydrogens (tertiary/aromatic N) is 1. The molecule has 0 saturated heterocycles. The number of pyridine rings is 1. The predicted molar refractivity (Wildman–Crippen MR) is 61.2 cm³/mol. The Morgan fingerprint density at radius 1 is 1.17 bits per heavy atom. The van der Waals surface area contributed by atoms with Crippen LogP contribution >= 0.6 is 0 Å². The smallest absolute Gasteiger partial charge is 0.141 e. The average molecular weight is 251 g/mol. The first-order valence-corrected chi connectivity index (χ1v) is 5.25. The summed E-state index contributed by atoms with van der Waals surface area (Å²) in [6, 6.07) is 6.32. The maximum absolute atomic E-state index is 13.2. The minimum Gasteiger partial charge on any atom is -0.496 e. The second kappa shape index (κ2) is 5.10. The maximum Gasteiger partial charge on any atom is 0.141 e. The van der Waals surface area contributed by atoms with Crippen LogP contribution < -0.4 is 4.74 Å². The summed E-state index contributed by atoms with van der Waals surface area (Å²) >= 11 is 0. The number of benzene rings is 1. The number of aliphatic hydroxyl groups is 1. The summed E-state index contributed by atoms with van der Waals surface area (Å²) < 4.78 is 30.9. The number of aromatic nitrogens is 1.